The highest BCUT2D eigenvalue weighted by molar-refractivity contribution is 5.44. The third-order valence-electron chi connectivity index (χ3n) is 2.00. The van der Waals surface area contributed by atoms with E-state index in [1.807, 2.05) is 12.1 Å². The fourth-order valence-electron chi connectivity index (χ4n) is 1.01. The van der Waals surface area contributed by atoms with E-state index in [2.05, 4.69) is 17.2 Å². The molecule has 0 radical (unpaired) electrons. The highest BCUT2D eigenvalue weighted by Gasteiger charge is 1.99. The molecule has 1 heterocycles. The number of nitrogens with zero attached hydrogens (tertiary/aromatic N) is 1. The average molecular weight is 195 g/mol. The van der Waals surface area contributed by atoms with Gasteiger partial charge in [-0.2, -0.15) is 0 Å². The maximum absolute atomic E-state index is 5.52. The lowest BCUT2D eigenvalue weighted by atomic mass is 10.2. The molecule has 1 rings (SSSR count). The lowest BCUT2D eigenvalue weighted by molar-refractivity contribution is 0.398. The average Bonchev–Trinajstić information content (AvgIpc) is 2.26. The number of methoxy groups -OCH3 is 1. The van der Waals surface area contributed by atoms with Gasteiger partial charge in [0.2, 0.25) is 5.88 Å². The van der Waals surface area contributed by atoms with E-state index in [0.717, 1.165) is 12.2 Å². The fraction of sp³-hybridized carbons (Fsp3) is 0.500. The van der Waals surface area contributed by atoms with Crippen LogP contribution < -0.4 is 15.8 Å². The molecule has 0 amide bonds. The van der Waals surface area contributed by atoms with Crippen LogP contribution in [0.3, 0.4) is 0 Å². The van der Waals surface area contributed by atoms with E-state index in [0.29, 0.717) is 18.3 Å². The second-order valence-electron chi connectivity index (χ2n) is 3.31. The monoisotopic (exact) mass is 195 g/mol. The summed E-state index contributed by atoms with van der Waals surface area (Å²) in [6.45, 7) is 3.66. The number of aromatic nitrogens is 1. The van der Waals surface area contributed by atoms with E-state index in [-0.39, 0.29) is 0 Å². The molecule has 0 aliphatic heterocycles. The summed E-state index contributed by atoms with van der Waals surface area (Å²) in [6, 6.07) is 3.77. The summed E-state index contributed by atoms with van der Waals surface area (Å²) in [7, 11) is 1.61. The first-order chi connectivity index (χ1) is 6.76. The van der Waals surface area contributed by atoms with E-state index in [9.17, 15) is 0 Å². The molecule has 0 spiro atoms. The molecule has 0 aliphatic carbocycles. The Morgan fingerprint density at radius 1 is 1.64 bits per heavy atom. The highest BCUT2D eigenvalue weighted by Crippen LogP contribution is 2.13. The van der Waals surface area contributed by atoms with E-state index in [4.69, 9.17) is 10.5 Å². The summed E-state index contributed by atoms with van der Waals surface area (Å²) in [5.41, 5.74) is 6.53. The number of rotatable bonds is 5. The van der Waals surface area contributed by atoms with Gasteiger partial charge in [0, 0.05) is 24.5 Å². The molecule has 0 fully saturated rings. The number of hydrogen-bond donors (Lipinski definition) is 2. The van der Waals surface area contributed by atoms with Gasteiger partial charge in [-0.05, 0) is 18.5 Å². The third-order valence-corrected chi connectivity index (χ3v) is 2.00. The van der Waals surface area contributed by atoms with Gasteiger partial charge in [0.1, 0.15) is 0 Å². The number of nitrogens with two attached hydrogens (primary N) is 1. The molecule has 4 heteroatoms. The summed E-state index contributed by atoms with van der Waals surface area (Å²) in [5.74, 6) is 1.09. The zero-order chi connectivity index (χ0) is 10.4. The van der Waals surface area contributed by atoms with Crippen LogP contribution in [0.4, 0.5) is 5.69 Å². The van der Waals surface area contributed by atoms with E-state index in [1.165, 1.54) is 0 Å². The molecule has 3 N–H and O–H groups in total. The number of anilines is 1. The van der Waals surface area contributed by atoms with Gasteiger partial charge in [-0.25, -0.2) is 4.98 Å². The first-order valence-electron chi connectivity index (χ1n) is 4.70. The van der Waals surface area contributed by atoms with Crippen molar-refractivity contribution in [1.82, 2.24) is 4.98 Å². The van der Waals surface area contributed by atoms with Crippen molar-refractivity contribution in [2.45, 2.75) is 6.92 Å². The molecule has 78 valence electrons. The summed E-state index contributed by atoms with van der Waals surface area (Å²) in [5, 5.41) is 3.27. The summed E-state index contributed by atoms with van der Waals surface area (Å²) in [6.07, 6.45) is 1.72. The Labute approximate surface area is 84.5 Å². The Balaban J connectivity index is 2.50. The van der Waals surface area contributed by atoms with Gasteiger partial charge in [0.05, 0.1) is 7.11 Å². The molecule has 0 saturated carbocycles. The molecular weight excluding hydrogens is 178 g/mol. The Morgan fingerprint density at radius 2 is 2.43 bits per heavy atom. The van der Waals surface area contributed by atoms with Crippen molar-refractivity contribution in [3.8, 4) is 5.88 Å². The molecule has 1 aromatic heterocycles. The van der Waals surface area contributed by atoms with Crippen molar-refractivity contribution < 1.29 is 4.74 Å². The van der Waals surface area contributed by atoms with E-state index >= 15 is 0 Å². The van der Waals surface area contributed by atoms with Gasteiger partial charge in [-0.3, -0.25) is 0 Å². The number of hydrogen-bond acceptors (Lipinski definition) is 4. The normalized spacial score (nSPS) is 12.2. The predicted molar refractivity (Wildman–Crippen MR) is 57.5 cm³/mol. The van der Waals surface area contributed by atoms with Crippen LogP contribution in [0.5, 0.6) is 5.88 Å². The van der Waals surface area contributed by atoms with Gasteiger partial charge in [0.15, 0.2) is 0 Å². The number of ether oxygens (including phenoxy) is 1. The highest BCUT2D eigenvalue weighted by atomic mass is 16.5. The molecule has 1 aromatic rings. The number of nitrogens with one attached hydrogen (secondary N) is 1. The Morgan fingerprint density at radius 3 is 3.07 bits per heavy atom. The molecule has 0 saturated heterocycles. The van der Waals surface area contributed by atoms with Crippen molar-refractivity contribution in [2.75, 3.05) is 25.5 Å². The van der Waals surface area contributed by atoms with Gasteiger partial charge in [-0.1, -0.05) is 6.92 Å². The quantitative estimate of drug-likeness (QED) is 0.738. The maximum Gasteiger partial charge on any atom is 0.214 e. The van der Waals surface area contributed by atoms with Crippen molar-refractivity contribution in [2.24, 2.45) is 11.7 Å². The minimum atomic E-state index is 0.467. The van der Waals surface area contributed by atoms with Crippen LogP contribution in [0.25, 0.3) is 0 Å². The van der Waals surface area contributed by atoms with Crippen molar-refractivity contribution >= 4 is 5.69 Å². The van der Waals surface area contributed by atoms with Crippen LogP contribution in [-0.4, -0.2) is 25.2 Å². The Bertz CT molecular complexity index is 278. The van der Waals surface area contributed by atoms with Crippen LogP contribution in [-0.2, 0) is 0 Å². The minimum Gasteiger partial charge on any atom is -0.481 e. The fourth-order valence-corrected chi connectivity index (χ4v) is 1.01. The zero-order valence-corrected chi connectivity index (χ0v) is 8.66. The lowest BCUT2D eigenvalue weighted by Crippen LogP contribution is -2.19. The molecular formula is C10H17N3O. The maximum atomic E-state index is 5.52. The summed E-state index contributed by atoms with van der Waals surface area (Å²) in [4.78, 5) is 4.02. The smallest absolute Gasteiger partial charge is 0.214 e. The topological polar surface area (TPSA) is 60.2 Å². The van der Waals surface area contributed by atoms with Crippen LogP contribution in [0, 0.1) is 5.92 Å². The second-order valence-corrected chi connectivity index (χ2v) is 3.31. The van der Waals surface area contributed by atoms with Crippen molar-refractivity contribution in [3.63, 3.8) is 0 Å². The third kappa shape index (κ3) is 3.22. The zero-order valence-electron chi connectivity index (χ0n) is 8.66. The largest absolute Gasteiger partial charge is 0.481 e. The van der Waals surface area contributed by atoms with Gasteiger partial charge in [-0.15, -0.1) is 0 Å². The predicted octanol–water partition coefficient (Wildman–Crippen LogP) is 1.10. The lowest BCUT2D eigenvalue weighted by Gasteiger charge is -2.11. The Hall–Kier alpha value is -1.29. The van der Waals surface area contributed by atoms with Gasteiger partial charge in [0.25, 0.3) is 0 Å². The summed E-state index contributed by atoms with van der Waals surface area (Å²) >= 11 is 0. The first kappa shape index (κ1) is 10.8. The molecule has 1 unspecified atom stereocenters. The molecule has 1 atom stereocenters. The SMILES string of the molecule is COc1cc(NCC(C)CN)ccn1. The summed E-state index contributed by atoms with van der Waals surface area (Å²) < 4.78 is 5.01. The van der Waals surface area contributed by atoms with Crippen LogP contribution in [0.2, 0.25) is 0 Å². The van der Waals surface area contributed by atoms with E-state index < -0.39 is 0 Å². The number of pyridine rings is 1. The molecule has 0 bridgehead atoms. The molecule has 4 nitrogen and oxygen atoms in total. The van der Waals surface area contributed by atoms with Crippen LogP contribution in [0.15, 0.2) is 18.3 Å². The van der Waals surface area contributed by atoms with E-state index in [1.54, 1.807) is 13.3 Å². The molecule has 0 aliphatic rings. The van der Waals surface area contributed by atoms with Crippen LogP contribution >= 0.6 is 0 Å². The van der Waals surface area contributed by atoms with Gasteiger partial charge >= 0.3 is 0 Å². The van der Waals surface area contributed by atoms with Gasteiger partial charge < -0.3 is 15.8 Å². The standard InChI is InChI=1S/C10H17N3O/c1-8(6-11)7-13-9-3-4-12-10(5-9)14-2/h3-5,8H,6-7,11H2,1-2H3,(H,12,13). The minimum absolute atomic E-state index is 0.467. The molecule has 0 aromatic carbocycles. The van der Waals surface area contributed by atoms with Crippen molar-refractivity contribution in [1.29, 1.82) is 0 Å². The van der Waals surface area contributed by atoms with Crippen LogP contribution in [0.1, 0.15) is 6.92 Å². The Kier molecular flexibility index (Phi) is 4.19. The first-order valence-corrected chi connectivity index (χ1v) is 4.70. The van der Waals surface area contributed by atoms with Crippen molar-refractivity contribution in [3.05, 3.63) is 18.3 Å². The second kappa shape index (κ2) is 5.44. The molecule has 14 heavy (non-hydrogen) atoms.